The van der Waals surface area contributed by atoms with Crippen LogP contribution in [0.15, 0.2) is 53.4 Å². The van der Waals surface area contributed by atoms with Gasteiger partial charge in [-0.3, -0.25) is 9.59 Å². The van der Waals surface area contributed by atoms with Crippen molar-refractivity contribution in [3.05, 3.63) is 64.7 Å². The number of benzene rings is 2. The molecule has 0 aliphatic heterocycles. The molecule has 0 spiro atoms. The number of halogens is 1. The van der Waals surface area contributed by atoms with E-state index in [2.05, 4.69) is 10.6 Å². The maximum atomic E-state index is 12.5. The van der Waals surface area contributed by atoms with Crippen LogP contribution in [0, 0.1) is 0 Å². The Hall–Kier alpha value is -2.42. The van der Waals surface area contributed by atoms with Gasteiger partial charge in [0.1, 0.15) is 0 Å². The molecule has 0 heterocycles. The molecule has 0 aromatic heterocycles. The summed E-state index contributed by atoms with van der Waals surface area (Å²) >= 11 is 5.80. The molecule has 0 saturated heterocycles. The van der Waals surface area contributed by atoms with Crippen molar-refractivity contribution >= 4 is 33.4 Å². The van der Waals surface area contributed by atoms with Crippen molar-refractivity contribution in [3.8, 4) is 0 Å². The molecule has 31 heavy (non-hydrogen) atoms. The van der Waals surface area contributed by atoms with Crippen LogP contribution in [-0.4, -0.2) is 50.7 Å². The van der Waals surface area contributed by atoms with Crippen LogP contribution >= 0.6 is 11.6 Å². The normalized spacial score (nSPS) is 11.4. The van der Waals surface area contributed by atoms with Crippen LogP contribution in [-0.2, 0) is 21.2 Å². The Morgan fingerprint density at radius 2 is 1.48 bits per heavy atom. The van der Waals surface area contributed by atoms with Crippen molar-refractivity contribution < 1.29 is 18.0 Å². The molecule has 0 aliphatic rings. The maximum Gasteiger partial charge on any atom is 0.251 e. The summed E-state index contributed by atoms with van der Waals surface area (Å²) in [6, 6.07) is 13.2. The Kier molecular flexibility index (Phi) is 9.48. The number of carbonyl (C=O) groups is 2. The quantitative estimate of drug-likeness (QED) is 0.499. The number of carbonyl (C=O) groups excluding carboxylic acids is 2. The highest BCUT2D eigenvalue weighted by atomic mass is 35.5. The second-order valence-corrected chi connectivity index (χ2v) is 9.22. The van der Waals surface area contributed by atoms with E-state index >= 15 is 0 Å². The van der Waals surface area contributed by atoms with Gasteiger partial charge in [-0.05, 0) is 48.4 Å². The van der Waals surface area contributed by atoms with Crippen molar-refractivity contribution in [3.63, 3.8) is 0 Å². The van der Waals surface area contributed by atoms with Gasteiger partial charge in [0.25, 0.3) is 5.91 Å². The smallest absolute Gasteiger partial charge is 0.251 e. The van der Waals surface area contributed by atoms with Gasteiger partial charge >= 0.3 is 0 Å². The number of sulfonamides is 1. The summed E-state index contributed by atoms with van der Waals surface area (Å²) in [5, 5.41) is 6.05. The first kappa shape index (κ1) is 24.8. The van der Waals surface area contributed by atoms with Gasteiger partial charge in [-0.1, -0.05) is 37.6 Å². The zero-order chi connectivity index (χ0) is 22.9. The van der Waals surface area contributed by atoms with Gasteiger partial charge < -0.3 is 10.6 Å². The number of hydrogen-bond acceptors (Lipinski definition) is 4. The minimum atomic E-state index is -3.48. The molecule has 7 nitrogen and oxygen atoms in total. The van der Waals surface area contributed by atoms with Crippen LogP contribution in [0.5, 0.6) is 0 Å². The predicted octanol–water partition coefficient (Wildman–Crippen LogP) is 2.85. The molecule has 0 fully saturated rings. The fraction of sp³-hybridized carbons (Fsp3) is 0.364. The van der Waals surface area contributed by atoms with Gasteiger partial charge in [0.15, 0.2) is 0 Å². The van der Waals surface area contributed by atoms with Crippen molar-refractivity contribution in [1.29, 1.82) is 0 Å². The van der Waals surface area contributed by atoms with E-state index in [0.717, 1.165) is 5.56 Å². The molecule has 0 bridgehead atoms. The minimum absolute atomic E-state index is 0.138. The lowest BCUT2D eigenvalue weighted by molar-refractivity contribution is -0.121. The Morgan fingerprint density at radius 1 is 0.903 bits per heavy atom. The summed E-state index contributed by atoms with van der Waals surface area (Å²) in [5.74, 6) is -0.369. The third-order valence-corrected chi connectivity index (χ3v) is 7.06. The third kappa shape index (κ3) is 7.34. The molecule has 0 saturated carbocycles. The molecule has 2 aromatic carbocycles. The summed E-state index contributed by atoms with van der Waals surface area (Å²) in [6.07, 6.45) is 0.766. The van der Waals surface area contributed by atoms with E-state index in [1.807, 2.05) is 0 Å². The Balaban J connectivity index is 1.73. The first-order chi connectivity index (χ1) is 14.8. The second kappa shape index (κ2) is 11.8. The molecular formula is C22H28ClN3O4S. The molecule has 168 valence electrons. The highest BCUT2D eigenvalue weighted by Crippen LogP contribution is 2.17. The molecule has 0 aliphatic carbocycles. The monoisotopic (exact) mass is 465 g/mol. The van der Waals surface area contributed by atoms with E-state index < -0.39 is 10.0 Å². The number of rotatable bonds is 11. The third-order valence-electron chi connectivity index (χ3n) is 4.75. The molecule has 0 atom stereocenters. The van der Waals surface area contributed by atoms with Crippen LogP contribution in [0.3, 0.4) is 0 Å². The maximum absolute atomic E-state index is 12.5. The van der Waals surface area contributed by atoms with Crippen molar-refractivity contribution in [2.75, 3.05) is 26.2 Å². The molecule has 2 amide bonds. The van der Waals surface area contributed by atoms with Crippen LogP contribution in [0.2, 0.25) is 5.02 Å². The van der Waals surface area contributed by atoms with Gasteiger partial charge in [0, 0.05) is 43.2 Å². The molecule has 2 N–H and O–H groups in total. The Bertz CT molecular complexity index is 973. The van der Waals surface area contributed by atoms with E-state index in [0.29, 0.717) is 43.2 Å². The zero-order valence-corrected chi connectivity index (χ0v) is 19.3. The summed E-state index contributed by atoms with van der Waals surface area (Å²) in [5.41, 5.74) is 1.38. The molecule has 2 rings (SSSR count). The van der Waals surface area contributed by atoms with Gasteiger partial charge in [-0.15, -0.1) is 0 Å². The summed E-state index contributed by atoms with van der Waals surface area (Å²) in [7, 11) is -3.48. The minimum Gasteiger partial charge on any atom is -0.354 e. The average molecular weight is 466 g/mol. The number of hydrogen-bond donors (Lipinski definition) is 2. The van der Waals surface area contributed by atoms with Gasteiger partial charge in [0.05, 0.1) is 4.90 Å². The molecule has 2 aromatic rings. The van der Waals surface area contributed by atoms with Crippen molar-refractivity contribution in [2.24, 2.45) is 0 Å². The van der Waals surface area contributed by atoms with E-state index in [-0.39, 0.29) is 23.1 Å². The first-order valence-electron chi connectivity index (χ1n) is 10.2. The number of aryl methyl sites for hydroxylation is 1. The van der Waals surface area contributed by atoms with Crippen molar-refractivity contribution in [1.82, 2.24) is 14.9 Å². The van der Waals surface area contributed by atoms with E-state index in [1.165, 1.54) is 4.31 Å². The van der Waals surface area contributed by atoms with E-state index in [1.54, 1.807) is 62.4 Å². The highest BCUT2D eigenvalue weighted by molar-refractivity contribution is 7.89. The second-order valence-electron chi connectivity index (χ2n) is 6.85. The van der Waals surface area contributed by atoms with Crippen LogP contribution in [0.25, 0.3) is 0 Å². The predicted molar refractivity (Wildman–Crippen MR) is 122 cm³/mol. The fourth-order valence-corrected chi connectivity index (χ4v) is 4.55. The van der Waals surface area contributed by atoms with Crippen LogP contribution in [0.4, 0.5) is 0 Å². The van der Waals surface area contributed by atoms with Gasteiger partial charge in [-0.2, -0.15) is 4.31 Å². The Morgan fingerprint density at radius 3 is 2.06 bits per heavy atom. The van der Waals surface area contributed by atoms with Gasteiger partial charge in [0.2, 0.25) is 15.9 Å². The lowest BCUT2D eigenvalue weighted by Crippen LogP contribution is -2.34. The zero-order valence-electron chi connectivity index (χ0n) is 17.7. The number of nitrogens with one attached hydrogen (secondary N) is 2. The summed E-state index contributed by atoms with van der Waals surface area (Å²) in [6.45, 7) is 5.07. The SMILES string of the molecule is CCN(CC)S(=O)(=O)c1ccc(CCC(=O)NCCNC(=O)c2ccc(Cl)cc2)cc1. The number of amides is 2. The largest absolute Gasteiger partial charge is 0.354 e. The summed E-state index contributed by atoms with van der Waals surface area (Å²) in [4.78, 5) is 24.2. The fourth-order valence-electron chi connectivity index (χ4n) is 2.97. The molecule has 0 radical (unpaired) electrons. The van der Waals surface area contributed by atoms with Crippen molar-refractivity contribution in [2.45, 2.75) is 31.6 Å². The highest BCUT2D eigenvalue weighted by Gasteiger charge is 2.21. The topological polar surface area (TPSA) is 95.6 Å². The summed E-state index contributed by atoms with van der Waals surface area (Å²) < 4.78 is 26.4. The standard InChI is InChI=1S/C22H28ClN3O4S/c1-3-26(4-2)31(29,30)20-12-5-17(6-13-20)7-14-21(27)24-15-16-25-22(28)18-8-10-19(23)11-9-18/h5-6,8-13H,3-4,7,14-16H2,1-2H3,(H,24,27)(H,25,28). The van der Waals surface area contributed by atoms with Crippen LogP contribution < -0.4 is 10.6 Å². The lowest BCUT2D eigenvalue weighted by Gasteiger charge is -2.18. The number of nitrogens with zero attached hydrogens (tertiary/aromatic N) is 1. The lowest BCUT2D eigenvalue weighted by atomic mass is 10.1. The van der Waals surface area contributed by atoms with Crippen LogP contribution in [0.1, 0.15) is 36.2 Å². The van der Waals surface area contributed by atoms with E-state index in [9.17, 15) is 18.0 Å². The molecule has 0 unspecified atom stereocenters. The Labute approximate surface area is 188 Å². The average Bonchev–Trinajstić information content (AvgIpc) is 2.76. The van der Waals surface area contributed by atoms with Gasteiger partial charge in [-0.25, -0.2) is 8.42 Å². The van der Waals surface area contributed by atoms with E-state index in [4.69, 9.17) is 11.6 Å². The molecule has 9 heteroatoms. The molecular weight excluding hydrogens is 438 g/mol. The first-order valence-corrected chi connectivity index (χ1v) is 12.0.